The summed E-state index contributed by atoms with van der Waals surface area (Å²) in [4.78, 5) is 0. The van der Waals surface area contributed by atoms with Gasteiger partial charge in [0.15, 0.2) is 0 Å². The number of nitrogens with one attached hydrogen (secondary N) is 1. The first kappa shape index (κ1) is 23.1. The first-order chi connectivity index (χ1) is 15.9. The van der Waals surface area contributed by atoms with Crippen molar-refractivity contribution in [1.29, 1.82) is 0 Å². The summed E-state index contributed by atoms with van der Waals surface area (Å²) in [6, 6.07) is 3.54. The first-order valence-corrected chi connectivity index (χ1v) is 13.6. The number of benzene rings is 1. The van der Waals surface area contributed by atoms with Crippen molar-refractivity contribution in [3.05, 3.63) is 40.3 Å². The minimum absolute atomic E-state index is 0.0448. The van der Waals surface area contributed by atoms with E-state index in [1.165, 1.54) is 0 Å². The Kier molecular flexibility index (Phi) is 6.45. The van der Waals surface area contributed by atoms with Crippen molar-refractivity contribution >= 4 is 44.1 Å². The molecule has 0 amide bonds. The highest BCUT2D eigenvalue weighted by Crippen LogP contribution is 2.43. The Hall–Kier alpha value is -1.62. The lowest BCUT2D eigenvalue weighted by atomic mass is 9.99. The van der Waals surface area contributed by atoms with Crippen molar-refractivity contribution in [3.63, 3.8) is 0 Å². The van der Waals surface area contributed by atoms with Gasteiger partial charge in [0, 0.05) is 54.1 Å². The smallest absolute Gasteiger partial charge is 0.213 e. The number of sulfonamides is 1. The number of aromatic nitrogens is 3. The van der Waals surface area contributed by atoms with Crippen LogP contribution >= 0.6 is 23.2 Å². The number of nitrogens with zero attached hydrogens (tertiary/aromatic N) is 3. The summed E-state index contributed by atoms with van der Waals surface area (Å²) in [7, 11) is -3.43. The first-order valence-electron chi connectivity index (χ1n) is 11.2. The van der Waals surface area contributed by atoms with E-state index in [2.05, 4.69) is 14.4 Å². The van der Waals surface area contributed by atoms with Gasteiger partial charge in [0.1, 0.15) is 6.23 Å². The van der Waals surface area contributed by atoms with Gasteiger partial charge in [-0.2, -0.15) is 5.10 Å². The van der Waals surface area contributed by atoms with E-state index in [0.29, 0.717) is 29.4 Å². The molecule has 2 unspecified atom stereocenters. The van der Waals surface area contributed by atoms with Gasteiger partial charge in [-0.25, -0.2) is 17.8 Å². The van der Waals surface area contributed by atoms with Gasteiger partial charge in [0.05, 0.1) is 27.5 Å². The van der Waals surface area contributed by atoms with Crippen LogP contribution in [0.4, 0.5) is 0 Å². The Balaban J connectivity index is 1.57. The minimum atomic E-state index is -3.43. The third kappa shape index (κ3) is 4.42. The van der Waals surface area contributed by atoms with Crippen molar-refractivity contribution in [1.82, 2.24) is 19.1 Å². The van der Waals surface area contributed by atoms with Crippen LogP contribution in [0.2, 0.25) is 10.0 Å². The normalized spacial score (nSPS) is 21.4. The van der Waals surface area contributed by atoms with E-state index in [0.717, 1.165) is 53.6 Å². The van der Waals surface area contributed by atoms with Crippen LogP contribution in [0.25, 0.3) is 22.0 Å². The number of hydrogen-bond donors (Lipinski definition) is 2. The Bertz CT molecular complexity index is 1280. The van der Waals surface area contributed by atoms with Crippen LogP contribution in [0.15, 0.2) is 24.5 Å². The highest BCUT2D eigenvalue weighted by molar-refractivity contribution is 7.89. The van der Waals surface area contributed by atoms with E-state index in [9.17, 15) is 8.42 Å². The number of halogens is 2. The predicted molar refractivity (Wildman–Crippen MR) is 130 cm³/mol. The molecule has 5 rings (SSSR count). The van der Waals surface area contributed by atoms with Crippen LogP contribution in [-0.2, 0) is 27.7 Å². The molecule has 0 saturated carbocycles. The Morgan fingerprint density at radius 3 is 2.85 bits per heavy atom. The molecule has 8 nitrogen and oxygen atoms in total. The van der Waals surface area contributed by atoms with Gasteiger partial charge in [-0.15, -0.1) is 0 Å². The van der Waals surface area contributed by atoms with Gasteiger partial charge < -0.3 is 15.0 Å². The Morgan fingerprint density at radius 1 is 1.24 bits per heavy atom. The van der Waals surface area contributed by atoms with Crippen LogP contribution in [0.5, 0.6) is 0 Å². The maximum absolute atomic E-state index is 12.3. The van der Waals surface area contributed by atoms with Crippen molar-refractivity contribution in [2.45, 2.75) is 50.9 Å². The molecule has 3 aromatic rings. The zero-order valence-electron chi connectivity index (χ0n) is 18.1. The fourth-order valence-electron chi connectivity index (χ4n) is 4.96. The minimum Gasteiger partial charge on any atom is -0.357 e. The molecule has 33 heavy (non-hydrogen) atoms. The van der Waals surface area contributed by atoms with Crippen LogP contribution < -0.4 is 10.5 Å². The van der Waals surface area contributed by atoms with Crippen molar-refractivity contribution in [3.8, 4) is 11.1 Å². The lowest BCUT2D eigenvalue weighted by molar-refractivity contribution is -0.0394. The number of rotatable bonds is 6. The molecule has 4 heterocycles. The monoisotopic (exact) mass is 511 g/mol. The summed E-state index contributed by atoms with van der Waals surface area (Å²) in [5.41, 5.74) is 9.43. The third-order valence-electron chi connectivity index (χ3n) is 6.43. The molecule has 2 aliphatic rings. The second-order valence-electron chi connectivity index (χ2n) is 8.68. The molecule has 2 aromatic heterocycles. The predicted octanol–water partition coefficient (Wildman–Crippen LogP) is 3.70. The lowest BCUT2D eigenvalue weighted by Crippen LogP contribution is -2.42. The largest absolute Gasteiger partial charge is 0.357 e. The topological polar surface area (TPSA) is 104 Å². The average Bonchev–Trinajstić information content (AvgIpc) is 3.39. The molecular formula is C22H27Cl2N5O3S. The molecule has 3 N–H and O–H groups in total. The second-order valence-corrected chi connectivity index (χ2v) is 11.3. The molecular weight excluding hydrogens is 485 g/mol. The zero-order valence-corrected chi connectivity index (χ0v) is 20.5. The summed E-state index contributed by atoms with van der Waals surface area (Å²) in [5.74, 6) is -0.0942. The lowest BCUT2D eigenvalue weighted by Gasteiger charge is -2.27. The molecule has 178 valence electrons. The van der Waals surface area contributed by atoms with Gasteiger partial charge in [-0.05, 0) is 38.2 Å². The van der Waals surface area contributed by atoms with E-state index in [-0.39, 0.29) is 24.6 Å². The van der Waals surface area contributed by atoms with Crippen molar-refractivity contribution in [2.24, 2.45) is 5.73 Å². The molecule has 0 spiro atoms. The quantitative estimate of drug-likeness (QED) is 0.524. The molecule has 2 atom stereocenters. The van der Waals surface area contributed by atoms with Gasteiger partial charge >= 0.3 is 0 Å². The highest BCUT2D eigenvalue weighted by Gasteiger charge is 2.30. The summed E-state index contributed by atoms with van der Waals surface area (Å²) >= 11 is 13.0. The summed E-state index contributed by atoms with van der Waals surface area (Å²) in [6.45, 7) is 1.30. The molecule has 0 bridgehead atoms. The summed E-state index contributed by atoms with van der Waals surface area (Å²) in [6.07, 6.45) is 8.38. The molecule has 11 heteroatoms. The molecule has 1 aromatic carbocycles. The van der Waals surface area contributed by atoms with Crippen LogP contribution in [0, 0.1) is 0 Å². The average molecular weight is 512 g/mol. The Labute approximate surface area is 203 Å². The number of hydrogen-bond acceptors (Lipinski definition) is 5. The van der Waals surface area contributed by atoms with E-state index in [4.69, 9.17) is 33.7 Å². The van der Waals surface area contributed by atoms with E-state index in [1.807, 2.05) is 23.1 Å². The van der Waals surface area contributed by atoms with Crippen LogP contribution in [0.1, 0.15) is 37.6 Å². The van der Waals surface area contributed by atoms with Crippen molar-refractivity contribution < 1.29 is 13.2 Å². The third-order valence-corrected chi connectivity index (χ3v) is 8.69. The van der Waals surface area contributed by atoms with Crippen LogP contribution in [0.3, 0.4) is 0 Å². The van der Waals surface area contributed by atoms with Crippen molar-refractivity contribution in [2.75, 3.05) is 18.9 Å². The molecule has 2 aliphatic heterocycles. The summed E-state index contributed by atoms with van der Waals surface area (Å²) in [5, 5.41) is 6.51. The second kappa shape index (κ2) is 9.20. The van der Waals surface area contributed by atoms with Gasteiger partial charge in [0.25, 0.3) is 0 Å². The SMILES string of the molecule is NCCS(=O)(=O)NC1CCc2c(-c3cnn(C4CCCCO4)c3)c3ccc(Cl)c(Cl)c3n2C1. The number of ether oxygens (including phenoxy) is 1. The number of fused-ring (bicyclic) bond motifs is 3. The maximum atomic E-state index is 12.3. The van der Waals surface area contributed by atoms with Crippen LogP contribution in [-0.4, -0.2) is 47.7 Å². The Morgan fingerprint density at radius 2 is 2.09 bits per heavy atom. The maximum Gasteiger partial charge on any atom is 0.213 e. The molecule has 0 radical (unpaired) electrons. The molecule has 1 fully saturated rings. The number of nitrogens with two attached hydrogens (primary N) is 1. The molecule has 0 aliphatic carbocycles. The van der Waals surface area contributed by atoms with E-state index in [1.54, 1.807) is 6.07 Å². The zero-order chi connectivity index (χ0) is 23.2. The fourth-order valence-corrected chi connectivity index (χ4v) is 6.51. The molecule has 1 saturated heterocycles. The van der Waals surface area contributed by atoms with Gasteiger partial charge in [0.2, 0.25) is 10.0 Å². The van der Waals surface area contributed by atoms with Gasteiger partial charge in [-0.1, -0.05) is 29.3 Å². The highest BCUT2D eigenvalue weighted by atomic mass is 35.5. The standard InChI is InChI=1S/C22H27Cl2N5O3S/c23-17-6-5-16-20(14-11-26-29(12-14)19-3-1-2-9-32-19)18-7-4-15(27-33(30,31)10-8-25)13-28(18)22(16)21(17)24/h5-6,11-12,15,19,27H,1-4,7-10,13,25H2. The van der Waals surface area contributed by atoms with E-state index < -0.39 is 10.0 Å². The van der Waals surface area contributed by atoms with Gasteiger partial charge in [-0.3, -0.25) is 0 Å². The van der Waals surface area contributed by atoms with E-state index >= 15 is 0 Å². The fraction of sp³-hybridized carbons (Fsp3) is 0.500. The summed E-state index contributed by atoms with van der Waals surface area (Å²) < 4.78 is 37.3.